The standard InChI is InChI=1S/C12H12N4OS2/c1-7-5-9-10(18-6-8-3-2-4-17-8)14-12(16-13)15-11(9)19-7/h2-5H,6,13H2,1H3,(H,14,15,16). The van der Waals surface area contributed by atoms with Gasteiger partial charge >= 0.3 is 0 Å². The Morgan fingerprint density at radius 2 is 2.37 bits per heavy atom. The monoisotopic (exact) mass is 292 g/mol. The number of rotatable bonds is 4. The van der Waals surface area contributed by atoms with Crippen LogP contribution in [0.25, 0.3) is 10.2 Å². The minimum Gasteiger partial charge on any atom is -0.468 e. The molecule has 0 amide bonds. The Morgan fingerprint density at radius 1 is 1.47 bits per heavy atom. The molecule has 7 heteroatoms. The van der Waals surface area contributed by atoms with Crippen molar-refractivity contribution in [3.05, 3.63) is 35.1 Å². The SMILES string of the molecule is Cc1cc2c(SCc3ccco3)nc(NN)nc2s1. The minimum atomic E-state index is 0.441. The fourth-order valence-electron chi connectivity index (χ4n) is 1.72. The molecule has 0 radical (unpaired) electrons. The number of hydrogen-bond donors (Lipinski definition) is 2. The minimum absolute atomic E-state index is 0.441. The number of aromatic nitrogens is 2. The summed E-state index contributed by atoms with van der Waals surface area (Å²) in [5, 5.41) is 1.98. The van der Waals surface area contributed by atoms with Crippen LogP contribution in [0.2, 0.25) is 0 Å². The largest absolute Gasteiger partial charge is 0.468 e. The second-order valence-electron chi connectivity index (χ2n) is 3.94. The van der Waals surface area contributed by atoms with E-state index in [2.05, 4.69) is 28.4 Å². The fraction of sp³-hybridized carbons (Fsp3) is 0.167. The van der Waals surface area contributed by atoms with Gasteiger partial charge in [0.2, 0.25) is 5.95 Å². The Hall–Kier alpha value is -1.57. The molecule has 0 spiro atoms. The van der Waals surface area contributed by atoms with Gasteiger partial charge in [-0.05, 0) is 25.1 Å². The molecule has 0 bridgehead atoms. The molecule has 3 rings (SSSR count). The third kappa shape index (κ3) is 2.58. The molecule has 0 aromatic carbocycles. The highest BCUT2D eigenvalue weighted by Gasteiger charge is 2.11. The van der Waals surface area contributed by atoms with E-state index >= 15 is 0 Å². The summed E-state index contributed by atoms with van der Waals surface area (Å²) in [6, 6.07) is 5.93. The summed E-state index contributed by atoms with van der Waals surface area (Å²) < 4.78 is 5.33. The molecule has 98 valence electrons. The van der Waals surface area contributed by atoms with E-state index in [9.17, 15) is 0 Å². The fourth-order valence-corrected chi connectivity index (χ4v) is 3.57. The predicted molar refractivity (Wildman–Crippen MR) is 78.2 cm³/mol. The van der Waals surface area contributed by atoms with Crippen molar-refractivity contribution in [1.82, 2.24) is 9.97 Å². The molecule has 3 heterocycles. The average Bonchev–Trinajstić information content (AvgIpc) is 3.03. The lowest BCUT2D eigenvalue weighted by Crippen LogP contribution is -2.10. The first-order valence-corrected chi connectivity index (χ1v) is 7.46. The van der Waals surface area contributed by atoms with Gasteiger partial charge in [-0.2, -0.15) is 0 Å². The number of anilines is 1. The van der Waals surface area contributed by atoms with Crippen molar-refractivity contribution in [1.29, 1.82) is 0 Å². The zero-order valence-corrected chi connectivity index (χ0v) is 11.8. The maximum Gasteiger partial charge on any atom is 0.239 e. The van der Waals surface area contributed by atoms with Gasteiger partial charge in [0.25, 0.3) is 0 Å². The number of hydrogen-bond acceptors (Lipinski definition) is 7. The highest BCUT2D eigenvalue weighted by Crippen LogP contribution is 2.33. The van der Waals surface area contributed by atoms with Crippen LogP contribution in [0.15, 0.2) is 33.9 Å². The van der Waals surface area contributed by atoms with Crippen LogP contribution in [0.4, 0.5) is 5.95 Å². The molecule has 0 aliphatic heterocycles. The number of thioether (sulfide) groups is 1. The highest BCUT2D eigenvalue weighted by atomic mass is 32.2. The number of nitrogens with zero attached hydrogens (tertiary/aromatic N) is 2. The van der Waals surface area contributed by atoms with E-state index in [0.717, 1.165) is 26.8 Å². The quantitative estimate of drug-likeness (QED) is 0.333. The van der Waals surface area contributed by atoms with E-state index in [0.29, 0.717) is 5.95 Å². The zero-order chi connectivity index (χ0) is 13.2. The van der Waals surface area contributed by atoms with Crippen LogP contribution in [0, 0.1) is 6.92 Å². The third-order valence-corrected chi connectivity index (χ3v) is 4.50. The van der Waals surface area contributed by atoms with Crippen molar-refractivity contribution in [3.63, 3.8) is 0 Å². The van der Waals surface area contributed by atoms with Crippen LogP contribution in [0.1, 0.15) is 10.6 Å². The van der Waals surface area contributed by atoms with Gasteiger partial charge in [0.05, 0.1) is 12.0 Å². The average molecular weight is 292 g/mol. The van der Waals surface area contributed by atoms with E-state index in [1.807, 2.05) is 12.1 Å². The lowest BCUT2D eigenvalue weighted by molar-refractivity contribution is 0.530. The molecule has 0 atom stereocenters. The topological polar surface area (TPSA) is 77.0 Å². The van der Waals surface area contributed by atoms with Crippen LogP contribution in [-0.2, 0) is 5.75 Å². The van der Waals surface area contributed by atoms with Crippen LogP contribution in [0.3, 0.4) is 0 Å². The first-order valence-electron chi connectivity index (χ1n) is 5.66. The van der Waals surface area contributed by atoms with E-state index in [4.69, 9.17) is 10.3 Å². The number of nitrogen functional groups attached to an aromatic ring is 1. The number of furan rings is 1. The second-order valence-corrected chi connectivity index (χ2v) is 6.14. The van der Waals surface area contributed by atoms with Crippen molar-refractivity contribution < 1.29 is 4.42 Å². The molecule has 3 aromatic heterocycles. The third-order valence-electron chi connectivity index (χ3n) is 2.54. The Labute approximate surface area is 118 Å². The van der Waals surface area contributed by atoms with Gasteiger partial charge in [0.15, 0.2) is 0 Å². The molecule has 0 saturated carbocycles. The van der Waals surface area contributed by atoms with Gasteiger partial charge in [-0.15, -0.1) is 11.3 Å². The van der Waals surface area contributed by atoms with Gasteiger partial charge < -0.3 is 4.42 Å². The molecule has 5 nitrogen and oxygen atoms in total. The molecule has 19 heavy (non-hydrogen) atoms. The Bertz CT molecular complexity index is 693. The Morgan fingerprint density at radius 3 is 3.11 bits per heavy atom. The summed E-state index contributed by atoms with van der Waals surface area (Å²) in [5.74, 6) is 7.51. The Kier molecular flexibility index (Phi) is 3.41. The lowest BCUT2D eigenvalue weighted by atomic mass is 10.4. The van der Waals surface area contributed by atoms with E-state index in [1.54, 1.807) is 29.4 Å². The van der Waals surface area contributed by atoms with Crippen LogP contribution < -0.4 is 11.3 Å². The van der Waals surface area contributed by atoms with Gasteiger partial charge in [-0.3, -0.25) is 5.43 Å². The van der Waals surface area contributed by atoms with Crippen molar-refractivity contribution in [2.45, 2.75) is 17.7 Å². The smallest absolute Gasteiger partial charge is 0.239 e. The first-order chi connectivity index (χ1) is 9.26. The van der Waals surface area contributed by atoms with Crippen molar-refractivity contribution in [2.75, 3.05) is 5.43 Å². The molecule has 0 saturated heterocycles. The number of aryl methyl sites for hydroxylation is 1. The van der Waals surface area contributed by atoms with Gasteiger partial charge in [-0.25, -0.2) is 15.8 Å². The molecule has 0 unspecified atom stereocenters. The van der Waals surface area contributed by atoms with E-state index in [-0.39, 0.29) is 0 Å². The molecule has 0 fully saturated rings. The molecule has 0 aliphatic rings. The predicted octanol–water partition coefficient (Wildman–Crippen LogP) is 3.17. The van der Waals surface area contributed by atoms with Gasteiger partial charge in [0.1, 0.15) is 15.6 Å². The number of nitrogens with two attached hydrogens (primary N) is 1. The van der Waals surface area contributed by atoms with Crippen LogP contribution in [0.5, 0.6) is 0 Å². The second kappa shape index (κ2) is 5.20. The molecular weight excluding hydrogens is 280 g/mol. The Balaban J connectivity index is 1.96. The lowest BCUT2D eigenvalue weighted by Gasteiger charge is -2.04. The first kappa shape index (κ1) is 12.5. The van der Waals surface area contributed by atoms with Crippen LogP contribution in [-0.4, -0.2) is 9.97 Å². The van der Waals surface area contributed by atoms with Gasteiger partial charge in [0, 0.05) is 10.3 Å². The molecule has 3 aromatic rings. The molecular formula is C12H12N4OS2. The van der Waals surface area contributed by atoms with Crippen LogP contribution >= 0.6 is 23.1 Å². The summed E-state index contributed by atoms with van der Waals surface area (Å²) in [5.41, 5.74) is 2.51. The van der Waals surface area contributed by atoms with E-state index in [1.165, 1.54) is 4.88 Å². The maximum atomic E-state index is 5.41. The number of hydrazine groups is 1. The van der Waals surface area contributed by atoms with Crippen molar-refractivity contribution in [2.24, 2.45) is 5.84 Å². The van der Waals surface area contributed by atoms with E-state index < -0.39 is 0 Å². The normalized spacial score (nSPS) is 11.1. The number of fused-ring (bicyclic) bond motifs is 1. The van der Waals surface area contributed by atoms with Crippen molar-refractivity contribution >= 4 is 39.3 Å². The molecule has 3 N–H and O–H groups in total. The molecule has 0 aliphatic carbocycles. The summed E-state index contributed by atoms with van der Waals surface area (Å²) in [4.78, 5) is 10.9. The zero-order valence-electron chi connectivity index (χ0n) is 10.2. The maximum absolute atomic E-state index is 5.41. The number of thiophene rings is 1. The summed E-state index contributed by atoms with van der Waals surface area (Å²) >= 11 is 3.25. The summed E-state index contributed by atoms with van der Waals surface area (Å²) in [7, 11) is 0. The summed E-state index contributed by atoms with van der Waals surface area (Å²) in [6.45, 7) is 2.06. The highest BCUT2D eigenvalue weighted by molar-refractivity contribution is 7.98. The van der Waals surface area contributed by atoms with Crippen molar-refractivity contribution in [3.8, 4) is 0 Å². The number of nitrogens with one attached hydrogen (secondary N) is 1. The summed E-state index contributed by atoms with van der Waals surface area (Å²) in [6.07, 6.45) is 1.67. The van der Waals surface area contributed by atoms with Gasteiger partial charge in [-0.1, -0.05) is 11.8 Å².